The summed E-state index contributed by atoms with van der Waals surface area (Å²) in [5, 5.41) is 2.99. The Kier molecular flexibility index (Phi) is 5.84. The maximum atomic E-state index is 12.7. The molecule has 2 heterocycles. The third kappa shape index (κ3) is 4.78. The van der Waals surface area contributed by atoms with Gasteiger partial charge in [0.2, 0.25) is 5.91 Å². The summed E-state index contributed by atoms with van der Waals surface area (Å²) in [6.45, 7) is 5.88. The number of carbonyl (C=O) groups is 2. The third-order valence-electron chi connectivity index (χ3n) is 6.01. The predicted octanol–water partition coefficient (Wildman–Crippen LogP) is 4.30. The van der Waals surface area contributed by atoms with E-state index < -0.39 is 0 Å². The number of carbonyl (C=O) groups excluding carboxylic acids is 2. The largest absolute Gasteiger partial charge is 0.372 e. The molecule has 0 spiro atoms. The summed E-state index contributed by atoms with van der Waals surface area (Å²) < 4.78 is 0. The van der Waals surface area contributed by atoms with Gasteiger partial charge in [-0.3, -0.25) is 9.59 Å². The lowest BCUT2D eigenvalue weighted by Crippen LogP contribution is -2.32. The second-order valence-electron chi connectivity index (χ2n) is 8.29. The van der Waals surface area contributed by atoms with Crippen LogP contribution >= 0.6 is 0 Å². The fourth-order valence-electron chi connectivity index (χ4n) is 4.13. The van der Waals surface area contributed by atoms with Gasteiger partial charge in [-0.15, -0.1) is 0 Å². The number of hydrogen-bond donors (Lipinski definition) is 1. The molecule has 0 radical (unpaired) electrons. The molecule has 2 aromatic carbocycles. The standard InChI is InChI=1S/C24H29N3O2/c1-18-11-14-26(15-12-18)22-9-7-21(8-10-22)25-24(29)20-5-2-4-19(16-20)17-27-13-3-6-23(27)28/h2,4-5,7-10,16,18H,3,6,11-15,17H2,1H3,(H,25,29). The fraction of sp³-hybridized carbons (Fsp3) is 0.417. The molecule has 2 aliphatic heterocycles. The van der Waals surface area contributed by atoms with Gasteiger partial charge >= 0.3 is 0 Å². The first-order chi connectivity index (χ1) is 14.1. The van der Waals surface area contributed by atoms with Crippen LogP contribution in [0.1, 0.15) is 48.5 Å². The lowest BCUT2D eigenvalue weighted by atomic mass is 9.99. The third-order valence-corrected chi connectivity index (χ3v) is 6.01. The van der Waals surface area contributed by atoms with Crippen LogP contribution in [0.2, 0.25) is 0 Å². The average Bonchev–Trinajstić information content (AvgIpc) is 3.14. The number of hydrogen-bond acceptors (Lipinski definition) is 3. The van der Waals surface area contributed by atoms with Crippen LogP contribution in [-0.4, -0.2) is 36.3 Å². The van der Waals surface area contributed by atoms with Crippen LogP contribution in [0.25, 0.3) is 0 Å². The van der Waals surface area contributed by atoms with E-state index in [0.717, 1.165) is 43.2 Å². The molecule has 0 saturated carbocycles. The van der Waals surface area contributed by atoms with E-state index in [4.69, 9.17) is 0 Å². The summed E-state index contributed by atoms with van der Waals surface area (Å²) in [4.78, 5) is 28.8. The highest BCUT2D eigenvalue weighted by Crippen LogP contribution is 2.24. The number of amides is 2. The van der Waals surface area contributed by atoms with Gasteiger partial charge < -0.3 is 15.1 Å². The van der Waals surface area contributed by atoms with Crippen LogP contribution in [0.5, 0.6) is 0 Å². The molecule has 2 fully saturated rings. The van der Waals surface area contributed by atoms with Crippen LogP contribution < -0.4 is 10.2 Å². The normalized spacial score (nSPS) is 17.6. The molecular formula is C24H29N3O2. The topological polar surface area (TPSA) is 52.7 Å². The van der Waals surface area contributed by atoms with Crippen LogP contribution in [0.3, 0.4) is 0 Å². The number of nitrogens with zero attached hydrogens (tertiary/aromatic N) is 2. The van der Waals surface area contributed by atoms with Crippen molar-refractivity contribution in [3.63, 3.8) is 0 Å². The van der Waals surface area contributed by atoms with E-state index in [-0.39, 0.29) is 11.8 Å². The number of nitrogens with one attached hydrogen (secondary N) is 1. The van der Waals surface area contributed by atoms with Crippen LogP contribution in [-0.2, 0) is 11.3 Å². The number of rotatable bonds is 5. The van der Waals surface area contributed by atoms with Gasteiger partial charge in [0.25, 0.3) is 5.91 Å². The quantitative estimate of drug-likeness (QED) is 0.827. The Morgan fingerprint density at radius 3 is 2.52 bits per heavy atom. The van der Waals surface area contributed by atoms with Gasteiger partial charge in [-0.25, -0.2) is 0 Å². The van der Waals surface area contributed by atoms with Crippen molar-refractivity contribution in [2.75, 3.05) is 29.9 Å². The zero-order valence-electron chi connectivity index (χ0n) is 17.1. The van der Waals surface area contributed by atoms with E-state index in [1.54, 1.807) is 0 Å². The minimum absolute atomic E-state index is 0.126. The van der Waals surface area contributed by atoms with E-state index in [0.29, 0.717) is 18.5 Å². The fourth-order valence-corrected chi connectivity index (χ4v) is 4.13. The molecule has 0 bridgehead atoms. The zero-order chi connectivity index (χ0) is 20.2. The molecule has 2 amide bonds. The maximum absolute atomic E-state index is 12.7. The van der Waals surface area contributed by atoms with Crippen LogP contribution in [0, 0.1) is 5.92 Å². The van der Waals surface area contributed by atoms with Crippen molar-refractivity contribution in [2.45, 2.75) is 39.2 Å². The van der Waals surface area contributed by atoms with Crippen molar-refractivity contribution in [1.82, 2.24) is 4.90 Å². The lowest BCUT2D eigenvalue weighted by Gasteiger charge is -2.32. The van der Waals surface area contributed by atoms with Gasteiger partial charge in [0.1, 0.15) is 0 Å². The average molecular weight is 392 g/mol. The predicted molar refractivity (Wildman–Crippen MR) is 116 cm³/mol. The second-order valence-corrected chi connectivity index (χ2v) is 8.29. The molecule has 2 aliphatic rings. The summed E-state index contributed by atoms with van der Waals surface area (Å²) in [6.07, 6.45) is 4.02. The molecule has 29 heavy (non-hydrogen) atoms. The zero-order valence-corrected chi connectivity index (χ0v) is 17.1. The molecular weight excluding hydrogens is 362 g/mol. The minimum atomic E-state index is -0.126. The van der Waals surface area contributed by atoms with Crippen molar-refractivity contribution in [2.24, 2.45) is 5.92 Å². The summed E-state index contributed by atoms with van der Waals surface area (Å²) in [6, 6.07) is 15.7. The first-order valence-corrected chi connectivity index (χ1v) is 10.6. The second kappa shape index (κ2) is 8.68. The van der Waals surface area contributed by atoms with Crippen molar-refractivity contribution < 1.29 is 9.59 Å². The number of piperidine rings is 1. The van der Waals surface area contributed by atoms with Crippen LogP contribution in [0.4, 0.5) is 11.4 Å². The van der Waals surface area contributed by atoms with Gasteiger partial charge in [-0.1, -0.05) is 19.1 Å². The maximum Gasteiger partial charge on any atom is 0.255 e. The van der Waals surface area contributed by atoms with Crippen molar-refractivity contribution >= 4 is 23.2 Å². The van der Waals surface area contributed by atoms with E-state index in [1.807, 2.05) is 41.3 Å². The minimum Gasteiger partial charge on any atom is -0.372 e. The smallest absolute Gasteiger partial charge is 0.255 e. The molecule has 5 nitrogen and oxygen atoms in total. The summed E-state index contributed by atoms with van der Waals surface area (Å²) >= 11 is 0. The highest BCUT2D eigenvalue weighted by Gasteiger charge is 2.20. The Balaban J connectivity index is 1.37. The van der Waals surface area contributed by atoms with Crippen LogP contribution in [0.15, 0.2) is 48.5 Å². The monoisotopic (exact) mass is 391 g/mol. The molecule has 5 heteroatoms. The molecule has 152 valence electrons. The summed E-state index contributed by atoms with van der Waals surface area (Å²) in [7, 11) is 0. The molecule has 0 aromatic heterocycles. The van der Waals surface area contributed by atoms with E-state index >= 15 is 0 Å². The molecule has 4 rings (SSSR count). The Morgan fingerprint density at radius 1 is 1.07 bits per heavy atom. The Labute approximate surface area is 172 Å². The van der Waals surface area contributed by atoms with E-state index in [1.165, 1.54) is 18.5 Å². The first kappa shape index (κ1) is 19.5. The van der Waals surface area contributed by atoms with Gasteiger partial charge in [-0.2, -0.15) is 0 Å². The molecule has 0 aliphatic carbocycles. The summed E-state index contributed by atoms with van der Waals surface area (Å²) in [5.41, 5.74) is 3.61. The summed E-state index contributed by atoms with van der Waals surface area (Å²) in [5.74, 6) is 0.881. The van der Waals surface area contributed by atoms with Gasteiger partial charge in [0.15, 0.2) is 0 Å². The number of anilines is 2. The molecule has 2 aromatic rings. The Morgan fingerprint density at radius 2 is 1.83 bits per heavy atom. The van der Waals surface area contributed by atoms with Crippen molar-refractivity contribution in [3.8, 4) is 0 Å². The highest BCUT2D eigenvalue weighted by atomic mass is 16.2. The van der Waals surface area contributed by atoms with Gasteiger partial charge in [0.05, 0.1) is 0 Å². The van der Waals surface area contributed by atoms with E-state index in [9.17, 15) is 9.59 Å². The molecule has 2 saturated heterocycles. The molecule has 1 N–H and O–H groups in total. The Hall–Kier alpha value is -2.82. The van der Waals surface area contributed by atoms with Crippen molar-refractivity contribution in [3.05, 3.63) is 59.7 Å². The first-order valence-electron chi connectivity index (χ1n) is 10.6. The van der Waals surface area contributed by atoms with Gasteiger partial charge in [-0.05, 0) is 67.1 Å². The Bertz CT molecular complexity index is 870. The highest BCUT2D eigenvalue weighted by molar-refractivity contribution is 6.04. The molecule has 0 atom stereocenters. The lowest BCUT2D eigenvalue weighted by molar-refractivity contribution is -0.128. The molecule has 0 unspecified atom stereocenters. The van der Waals surface area contributed by atoms with Gasteiger partial charge in [0, 0.05) is 49.5 Å². The SMILES string of the molecule is CC1CCN(c2ccc(NC(=O)c3cccc(CN4CCCC4=O)c3)cc2)CC1. The van der Waals surface area contributed by atoms with E-state index in [2.05, 4.69) is 29.3 Å². The number of likely N-dealkylation sites (tertiary alicyclic amines) is 1. The number of benzene rings is 2. The van der Waals surface area contributed by atoms with Crippen molar-refractivity contribution in [1.29, 1.82) is 0 Å².